The normalized spacial score (nSPS) is 12.0. The molecule has 0 aliphatic carbocycles. The molecule has 0 bridgehead atoms. The molecule has 150 valence electrons. The number of benzene rings is 3. The van der Waals surface area contributed by atoms with Gasteiger partial charge >= 0.3 is 0 Å². The largest absolute Gasteiger partial charge is 0.493 e. The lowest BCUT2D eigenvalue weighted by atomic mass is 10.1. The van der Waals surface area contributed by atoms with Crippen molar-refractivity contribution in [2.45, 2.75) is 20.1 Å². The summed E-state index contributed by atoms with van der Waals surface area (Å²) in [7, 11) is 1.65. The van der Waals surface area contributed by atoms with E-state index in [0.717, 1.165) is 32.8 Å². The molecule has 4 rings (SSSR count). The first-order valence-electron chi connectivity index (χ1n) is 9.31. The fraction of sp³-hybridized carbons (Fsp3) is 0.217. The van der Waals surface area contributed by atoms with Gasteiger partial charge in [0.25, 0.3) is 0 Å². The molecule has 0 spiro atoms. The molecule has 1 aliphatic rings. The van der Waals surface area contributed by atoms with E-state index in [0.29, 0.717) is 24.7 Å². The zero-order valence-corrected chi connectivity index (χ0v) is 17.9. The highest BCUT2D eigenvalue weighted by atomic mass is 79.9. The molecule has 0 amide bonds. The van der Waals surface area contributed by atoms with Crippen molar-refractivity contribution in [1.29, 1.82) is 0 Å². The lowest BCUT2D eigenvalue weighted by Crippen LogP contribution is -2.03. The van der Waals surface area contributed by atoms with Gasteiger partial charge in [-0.05, 0) is 47.9 Å². The molecule has 0 fully saturated rings. The lowest BCUT2D eigenvalue weighted by molar-refractivity contribution is 0.174. The molecule has 0 radical (unpaired) electrons. The molecule has 29 heavy (non-hydrogen) atoms. The molecule has 3 aromatic carbocycles. The van der Waals surface area contributed by atoms with E-state index in [1.54, 1.807) is 7.11 Å². The highest BCUT2D eigenvalue weighted by Crippen LogP contribution is 2.36. The summed E-state index contributed by atoms with van der Waals surface area (Å²) in [6.07, 6.45) is 0. The Balaban J connectivity index is 1.46. The van der Waals surface area contributed by atoms with Gasteiger partial charge in [-0.25, -0.2) is 0 Å². The number of anilines is 1. The van der Waals surface area contributed by atoms with Crippen LogP contribution < -0.4 is 24.3 Å². The van der Waals surface area contributed by atoms with E-state index in [2.05, 4.69) is 40.3 Å². The second-order valence-corrected chi connectivity index (χ2v) is 7.59. The summed E-state index contributed by atoms with van der Waals surface area (Å²) in [6, 6.07) is 17.9. The Hall–Kier alpha value is -2.86. The van der Waals surface area contributed by atoms with Crippen LogP contribution in [0.25, 0.3) is 0 Å². The summed E-state index contributed by atoms with van der Waals surface area (Å²) in [4.78, 5) is 0. The van der Waals surface area contributed by atoms with Gasteiger partial charge in [0, 0.05) is 22.8 Å². The third-order valence-electron chi connectivity index (χ3n) is 4.83. The van der Waals surface area contributed by atoms with Crippen molar-refractivity contribution in [3.05, 3.63) is 75.8 Å². The summed E-state index contributed by atoms with van der Waals surface area (Å²) < 4.78 is 23.3. The predicted molar refractivity (Wildman–Crippen MR) is 116 cm³/mol. The Morgan fingerprint density at radius 3 is 2.62 bits per heavy atom. The van der Waals surface area contributed by atoms with Gasteiger partial charge in [-0.2, -0.15) is 0 Å². The van der Waals surface area contributed by atoms with Crippen molar-refractivity contribution in [3.8, 4) is 23.0 Å². The van der Waals surface area contributed by atoms with Crippen LogP contribution in [0.4, 0.5) is 5.69 Å². The fourth-order valence-electron chi connectivity index (χ4n) is 3.12. The molecule has 1 N–H and O–H groups in total. The van der Waals surface area contributed by atoms with Crippen LogP contribution >= 0.6 is 15.9 Å². The molecule has 0 unspecified atom stereocenters. The topological polar surface area (TPSA) is 49.0 Å². The first-order valence-corrected chi connectivity index (χ1v) is 10.1. The van der Waals surface area contributed by atoms with Gasteiger partial charge in [-0.3, -0.25) is 0 Å². The summed E-state index contributed by atoms with van der Waals surface area (Å²) in [5.74, 6) is 2.93. The number of nitrogens with one attached hydrogen (secondary N) is 1. The maximum Gasteiger partial charge on any atom is 0.231 e. The molecule has 0 aromatic heterocycles. The summed E-state index contributed by atoms with van der Waals surface area (Å²) in [5.41, 5.74) is 4.37. The number of methoxy groups -OCH3 is 1. The minimum atomic E-state index is 0.269. The fourth-order valence-corrected chi connectivity index (χ4v) is 3.58. The van der Waals surface area contributed by atoms with E-state index in [9.17, 15) is 0 Å². The minimum absolute atomic E-state index is 0.269. The van der Waals surface area contributed by atoms with Crippen molar-refractivity contribution in [2.24, 2.45) is 0 Å². The van der Waals surface area contributed by atoms with Gasteiger partial charge in [-0.15, -0.1) is 0 Å². The van der Waals surface area contributed by atoms with Crippen molar-refractivity contribution < 1.29 is 18.9 Å². The average Bonchev–Trinajstić information content (AvgIpc) is 3.20. The SMILES string of the molecule is COc1cc(CNc2ccc3c(c2)OCO3)c(Br)cc1OCc1ccccc1C. The van der Waals surface area contributed by atoms with Crippen LogP contribution in [-0.4, -0.2) is 13.9 Å². The van der Waals surface area contributed by atoms with Gasteiger partial charge < -0.3 is 24.3 Å². The highest BCUT2D eigenvalue weighted by Gasteiger charge is 2.14. The number of ether oxygens (including phenoxy) is 4. The molecule has 0 atom stereocenters. The van der Waals surface area contributed by atoms with E-state index in [4.69, 9.17) is 18.9 Å². The van der Waals surface area contributed by atoms with E-state index in [1.165, 1.54) is 5.56 Å². The van der Waals surface area contributed by atoms with E-state index in [-0.39, 0.29) is 6.79 Å². The molecule has 1 aliphatic heterocycles. The van der Waals surface area contributed by atoms with E-state index >= 15 is 0 Å². The maximum absolute atomic E-state index is 6.04. The second kappa shape index (κ2) is 8.66. The van der Waals surface area contributed by atoms with Gasteiger partial charge in [0.2, 0.25) is 6.79 Å². The monoisotopic (exact) mass is 455 g/mol. The zero-order valence-electron chi connectivity index (χ0n) is 16.3. The first kappa shape index (κ1) is 19.5. The maximum atomic E-state index is 6.04. The molecule has 5 nitrogen and oxygen atoms in total. The lowest BCUT2D eigenvalue weighted by Gasteiger charge is -2.15. The number of hydrogen-bond donors (Lipinski definition) is 1. The Morgan fingerprint density at radius 2 is 1.79 bits per heavy atom. The molecule has 1 heterocycles. The van der Waals surface area contributed by atoms with Crippen molar-refractivity contribution >= 4 is 21.6 Å². The van der Waals surface area contributed by atoms with Crippen LogP contribution in [0.3, 0.4) is 0 Å². The van der Waals surface area contributed by atoms with Crippen LogP contribution in [0.1, 0.15) is 16.7 Å². The van der Waals surface area contributed by atoms with Gasteiger partial charge in [0.05, 0.1) is 7.11 Å². The number of fused-ring (bicyclic) bond motifs is 1. The summed E-state index contributed by atoms with van der Waals surface area (Å²) >= 11 is 3.65. The standard InChI is InChI=1S/C23H22BrNO4/c1-15-5-3-4-6-16(15)13-27-23-11-19(24)17(9-21(23)26-2)12-25-18-7-8-20-22(10-18)29-14-28-20/h3-11,25H,12-14H2,1-2H3. The van der Waals surface area contributed by atoms with Crippen LogP contribution in [0.2, 0.25) is 0 Å². The van der Waals surface area contributed by atoms with Crippen LogP contribution in [0.15, 0.2) is 59.1 Å². The van der Waals surface area contributed by atoms with Crippen molar-refractivity contribution in [1.82, 2.24) is 0 Å². The quantitative estimate of drug-likeness (QED) is 0.496. The van der Waals surface area contributed by atoms with Gasteiger partial charge in [0.15, 0.2) is 23.0 Å². The predicted octanol–water partition coefficient (Wildman–Crippen LogP) is 5.69. The summed E-state index contributed by atoms with van der Waals surface area (Å²) in [5, 5.41) is 3.41. The Bertz CT molecular complexity index is 1020. The average molecular weight is 456 g/mol. The third kappa shape index (κ3) is 4.43. The number of aryl methyl sites for hydroxylation is 1. The Kier molecular flexibility index (Phi) is 5.81. The van der Waals surface area contributed by atoms with Gasteiger partial charge in [-0.1, -0.05) is 40.2 Å². The van der Waals surface area contributed by atoms with Crippen LogP contribution in [0, 0.1) is 6.92 Å². The third-order valence-corrected chi connectivity index (χ3v) is 5.57. The molecule has 0 saturated heterocycles. The number of halogens is 1. The van der Waals surface area contributed by atoms with E-state index < -0.39 is 0 Å². The van der Waals surface area contributed by atoms with E-state index in [1.807, 2.05) is 42.5 Å². The van der Waals surface area contributed by atoms with Crippen LogP contribution in [0.5, 0.6) is 23.0 Å². The summed E-state index contributed by atoms with van der Waals surface area (Å²) in [6.45, 7) is 3.46. The van der Waals surface area contributed by atoms with Crippen molar-refractivity contribution in [2.75, 3.05) is 19.2 Å². The first-order chi connectivity index (χ1) is 14.1. The van der Waals surface area contributed by atoms with Crippen molar-refractivity contribution in [3.63, 3.8) is 0 Å². The number of rotatable bonds is 7. The molecular formula is C23H22BrNO4. The Morgan fingerprint density at radius 1 is 0.966 bits per heavy atom. The molecular weight excluding hydrogens is 434 g/mol. The van der Waals surface area contributed by atoms with Gasteiger partial charge in [0.1, 0.15) is 6.61 Å². The smallest absolute Gasteiger partial charge is 0.231 e. The molecule has 6 heteroatoms. The van der Waals surface area contributed by atoms with Crippen LogP contribution in [-0.2, 0) is 13.2 Å². The highest BCUT2D eigenvalue weighted by molar-refractivity contribution is 9.10. The zero-order chi connectivity index (χ0) is 20.2. The molecule has 0 saturated carbocycles. The second-order valence-electron chi connectivity index (χ2n) is 6.73. The number of hydrogen-bond acceptors (Lipinski definition) is 5. The molecule has 3 aromatic rings. The Labute approximate surface area is 178 Å². The minimum Gasteiger partial charge on any atom is -0.493 e.